The zero-order chi connectivity index (χ0) is 12.3. The van der Waals surface area contributed by atoms with E-state index in [-0.39, 0.29) is 11.7 Å². The Labute approximate surface area is 95.7 Å². The molecule has 0 aliphatic heterocycles. The summed E-state index contributed by atoms with van der Waals surface area (Å²) in [5.74, 6) is 1.84. The predicted molar refractivity (Wildman–Crippen MR) is 59.7 cm³/mol. The summed E-state index contributed by atoms with van der Waals surface area (Å²) in [7, 11) is 0. The second-order valence-corrected chi connectivity index (χ2v) is 4.97. The second kappa shape index (κ2) is 4.56. The molecule has 1 atom stereocenters. The van der Waals surface area contributed by atoms with Crippen molar-refractivity contribution in [2.45, 2.75) is 45.3 Å². The van der Waals surface area contributed by atoms with E-state index in [0.29, 0.717) is 0 Å². The fraction of sp³-hybridized carbons (Fsp3) is 0.667. The first-order valence-electron chi connectivity index (χ1n) is 5.33. The highest BCUT2D eigenvalue weighted by molar-refractivity contribution is 6.01. The summed E-state index contributed by atoms with van der Waals surface area (Å²) >= 11 is 0. The van der Waals surface area contributed by atoms with E-state index in [9.17, 15) is 9.59 Å². The largest absolute Gasteiger partial charge is 0.444 e. The SMILES string of the molecule is C#CC(=O)C(NC(=O)OC(C)(C)C)C1CC1. The molecule has 0 aromatic rings. The lowest BCUT2D eigenvalue weighted by Crippen LogP contribution is -2.44. The van der Waals surface area contributed by atoms with Gasteiger partial charge in [-0.2, -0.15) is 0 Å². The normalized spacial score (nSPS) is 17.1. The van der Waals surface area contributed by atoms with Crippen molar-refractivity contribution in [1.82, 2.24) is 5.32 Å². The number of ketones is 1. The van der Waals surface area contributed by atoms with Gasteiger partial charge in [0.25, 0.3) is 0 Å². The highest BCUT2D eigenvalue weighted by atomic mass is 16.6. The molecule has 1 rings (SSSR count). The van der Waals surface area contributed by atoms with Crippen molar-refractivity contribution in [2.75, 3.05) is 0 Å². The number of nitrogens with one attached hydrogen (secondary N) is 1. The van der Waals surface area contributed by atoms with Gasteiger partial charge in [0.1, 0.15) is 11.6 Å². The van der Waals surface area contributed by atoms with E-state index >= 15 is 0 Å². The van der Waals surface area contributed by atoms with Crippen molar-refractivity contribution < 1.29 is 14.3 Å². The molecule has 0 bridgehead atoms. The van der Waals surface area contributed by atoms with Gasteiger partial charge < -0.3 is 10.1 Å². The third kappa shape index (κ3) is 3.93. The van der Waals surface area contributed by atoms with Crippen LogP contribution in [0.2, 0.25) is 0 Å². The van der Waals surface area contributed by atoms with E-state index in [1.807, 2.05) is 5.92 Å². The topological polar surface area (TPSA) is 55.4 Å². The van der Waals surface area contributed by atoms with Crippen LogP contribution in [-0.4, -0.2) is 23.5 Å². The fourth-order valence-corrected chi connectivity index (χ4v) is 1.35. The minimum absolute atomic E-state index is 0.177. The van der Waals surface area contributed by atoms with Gasteiger partial charge in [0.05, 0.1) is 0 Å². The highest BCUT2D eigenvalue weighted by Gasteiger charge is 2.37. The number of alkyl carbamates (subject to hydrolysis) is 1. The predicted octanol–water partition coefficient (Wildman–Crippen LogP) is 1.49. The van der Waals surface area contributed by atoms with Gasteiger partial charge in [-0.15, -0.1) is 6.42 Å². The van der Waals surface area contributed by atoms with E-state index in [1.165, 1.54) is 0 Å². The highest BCUT2D eigenvalue weighted by Crippen LogP contribution is 2.33. The number of ether oxygens (including phenoxy) is 1. The molecular formula is C12H17NO3. The van der Waals surface area contributed by atoms with Crippen LogP contribution < -0.4 is 5.32 Å². The van der Waals surface area contributed by atoms with E-state index < -0.39 is 17.7 Å². The number of terminal acetylenes is 1. The van der Waals surface area contributed by atoms with Crippen LogP contribution >= 0.6 is 0 Å². The molecule has 1 saturated carbocycles. The van der Waals surface area contributed by atoms with Crippen molar-refractivity contribution >= 4 is 11.9 Å². The first-order valence-corrected chi connectivity index (χ1v) is 5.33. The third-order valence-corrected chi connectivity index (χ3v) is 2.19. The maximum Gasteiger partial charge on any atom is 0.408 e. The summed E-state index contributed by atoms with van der Waals surface area (Å²) in [4.78, 5) is 22.9. The maximum atomic E-state index is 11.5. The third-order valence-electron chi connectivity index (χ3n) is 2.19. The summed E-state index contributed by atoms with van der Waals surface area (Å²) in [6.07, 6.45) is 6.31. The number of carbonyl (C=O) groups is 2. The molecular weight excluding hydrogens is 206 g/mol. The Morgan fingerprint density at radius 1 is 1.44 bits per heavy atom. The second-order valence-electron chi connectivity index (χ2n) is 4.97. The van der Waals surface area contributed by atoms with Gasteiger partial charge in [0.2, 0.25) is 5.78 Å². The lowest BCUT2D eigenvalue weighted by Gasteiger charge is -2.22. The Balaban J connectivity index is 2.53. The van der Waals surface area contributed by atoms with Crippen molar-refractivity contribution in [3.8, 4) is 12.3 Å². The summed E-state index contributed by atoms with van der Waals surface area (Å²) in [5.41, 5.74) is -0.572. The van der Waals surface area contributed by atoms with Gasteiger partial charge in [-0.3, -0.25) is 4.79 Å². The molecule has 1 amide bonds. The Bertz CT molecular complexity index is 331. The molecule has 1 fully saturated rings. The maximum absolute atomic E-state index is 11.5. The van der Waals surface area contributed by atoms with Crippen LogP contribution in [0.1, 0.15) is 33.6 Å². The smallest absolute Gasteiger partial charge is 0.408 e. The molecule has 1 unspecified atom stereocenters. The quantitative estimate of drug-likeness (QED) is 0.582. The van der Waals surface area contributed by atoms with Gasteiger partial charge in [-0.25, -0.2) is 4.79 Å². The Hall–Kier alpha value is -1.50. The Morgan fingerprint density at radius 3 is 2.38 bits per heavy atom. The minimum atomic E-state index is -0.590. The molecule has 4 nitrogen and oxygen atoms in total. The van der Waals surface area contributed by atoms with E-state index in [0.717, 1.165) is 12.8 Å². The first-order chi connectivity index (χ1) is 7.33. The van der Waals surface area contributed by atoms with Gasteiger partial charge in [-0.05, 0) is 45.5 Å². The number of hydrogen-bond donors (Lipinski definition) is 1. The zero-order valence-electron chi connectivity index (χ0n) is 9.87. The van der Waals surface area contributed by atoms with Crippen molar-refractivity contribution in [1.29, 1.82) is 0 Å². The fourth-order valence-electron chi connectivity index (χ4n) is 1.35. The summed E-state index contributed by atoms with van der Waals surface area (Å²) in [6, 6.07) is -0.583. The minimum Gasteiger partial charge on any atom is -0.444 e. The van der Waals surface area contributed by atoms with Crippen LogP contribution in [-0.2, 0) is 9.53 Å². The summed E-state index contributed by atoms with van der Waals surface area (Å²) in [5, 5.41) is 2.53. The monoisotopic (exact) mass is 223 g/mol. The van der Waals surface area contributed by atoms with Crippen LogP contribution in [0, 0.1) is 18.3 Å². The molecule has 0 heterocycles. The van der Waals surface area contributed by atoms with Crippen molar-refractivity contribution in [2.24, 2.45) is 5.92 Å². The number of rotatable bonds is 3. The van der Waals surface area contributed by atoms with Crippen LogP contribution in [0.15, 0.2) is 0 Å². The van der Waals surface area contributed by atoms with E-state index in [4.69, 9.17) is 11.2 Å². The Morgan fingerprint density at radius 2 is 2.00 bits per heavy atom. The lowest BCUT2D eigenvalue weighted by atomic mass is 10.1. The van der Waals surface area contributed by atoms with E-state index in [2.05, 4.69) is 5.32 Å². The van der Waals surface area contributed by atoms with Crippen molar-refractivity contribution in [3.05, 3.63) is 0 Å². The van der Waals surface area contributed by atoms with Crippen molar-refractivity contribution in [3.63, 3.8) is 0 Å². The first kappa shape index (κ1) is 12.6. The van der Waals surface area contributed by atoms with Gasteiger partial charge in [0, 0.05) is 0 Å². The zero-order valence-corrected chi connectivity index (χ0v) is 9.87. The molecule has 0 radical (unpaired) electrons. The summed E-state index contributed by atoms with van der Waals surface area (Å²) in [6.45, 7) is 5.30. The molecule has 0 aromatic carbocycles. The standard InChI is InChI=1S/C12H17NO3/c1-5-9(14)10(8-6-7-8)13-11(15)16-12(2,3)4/h1,8,10H,6-7H2,2-4H3,(H,13,15). The van der Waals surface area contributed by atoms with Gasteiger partial charge in [0.15, 0.2) is 0 Å². The van der Waals surface area contributed by atoms with Crippen LogP contribution in [0.5, 0.6) is 0 Å². The Kier molecular flexibility index (Phi) is 3.58. The van der Waals surface area contributed by atoms with Crippen LogP contribution in [0.4, 0.5) is 4.79 Å². The molecule has 0 aromatic heterocycles. The average Bonchev–Trinajstić information content (AvgIpc) is 2.93. The van der Waals surface area contributed by atoms with E-state index in [1.54, 1.807) is 20.8 Å². The molecule has 16 heavy (non-hydrogen) atoms. The van der Waals surface area contributed by atoms with Gasteiger partial charge >= 0.3 is 6.09 Å². The number of hydrogen-bond acceptors (Lipinski definition) is 3. The molecule has 1 aliphatic carbocycles. The van der Waals surface area contributed by atoms with Gasteiger partial charge in [-0.1, -0.05) is 0 Å². The summed E-state index contributed by atoms with van der Waals surface area (Å²) < 4.78 is 5.07. The van der Waals surface area contributed by atoms with Crippen LogP contribution in [0.25, 0.3) is 0 Å². The average molecular weight is 223 g/mol. The molecule has 0 saturated heterocycles. The van der Waals surface area contributed by atoms with Crippen LogP contribution in [0.3, 0.4) is 0 Å². The number of carbonyl (C=O) groups excluding carboxylic acids is 2. The molecule has 88 valence electrons. The molecule has 1 aliphatic rings. The molecule has 1 N–H and O–H groups in total. The molecule has 0 spiro atoms. The number of Topliss-reactive ketones (excluding diaryl/α,β-unsaturated/α-hetero) is 1. The molecule has 4 heteroatoms. The number of amides is 1. The lowest BCUT2D eigenvalue weighted by molar-refractivity contribution is -0.116.